The minimum absolute atomic E-state index is 0.105. The maximum atomic E-state index is 13.2. The van der Waals surface area contributed by atoms with E-state index in [0.29, 0.717) is 25.0 Å². The van der Waals surface area contributed by atoms with Crippen LogP contribution in [0.1, 0.15) is 36.4 Å². The molecule has 2 heterocycles. The Bertz CT molecular complexity index is 1080. The molecule has 30 heavy (non-hydrogen) atoms. The van der Waals surface area contributed by atoms with Gasteiger partial charge in [-0.2, -0.15) is 5.10 Å². The minimum atomic E-state index is -0.105. The number of carbonyl (C=O) groups is 1. The Labute approximate surface area is 177 Å². The number of aromatic nitrogens is 3. The summed E-state index contributed by atoms with van der Waals surface area (Å²) >= 11 is 0. The number of fused-ring (bicyclic) bond motifs is 1. The SMILES string of the molecule is CC.COc1cccc(Cn2nc(C)c3c(c(C)c(C)n3CCN(C)C=O)c2=O)c1. The fourth-order valence-corrected chi connectivity index (χ4v) is 3.55. The molecule has 7 heteroatoms. The molecular weight excluding hydrogens is 380 g/mol. The molecule has 0 aliphatic heterocycles. The summed E-state index contributed by atoms with van der Waals surface area (Å²) in [4.78, 5) is 25.7. The molecule has 0 saturated heterocycles. The van der Waals surface area contributed by atoms with E-state index in [0.717, 1.165) is 40.2 Å². The topological polar surface area (TPSA) is 69.4 Å². The molecule has 0 bridgehead atoms. The van der Waals surface area contributed by atoms with E-state index >= 15 is 0 Å². The Morgan fingerprint density at radius 2 is 1.90 bits per heavy atom. The maximum absolute atomic E-state index is 13.2. The van der Waals surface area contributed by atoms with E-state index < -0.39 is 0 Å². The van der Waals surface area contributed by atoms with Crippen LogP contribution in [0.15, 0.2) is 29.1 Å². The smallest absolute Gasteiger partial charge is 0.276 e. The number of benzene rings is 1. The van der Waals surface area contributed by atoms with Gasteiger partial charge in [-0.1, -0.05) is 26.0 Å². The predicted molar refractivity (Wildman–Crippen MR) is 120 cm³/mol. The number of hydrogen-bond acceptors (Lipinski definition) is 4. The van der Waals surface area contributed by atoms with Gasteiger partial charge in [0.05, 0.1) is 30.3 Å². The monoisotopic (exact) mass is 412 g/mol. The first-order valence-corrected chi connectivity index (χ1v) is 10.2. The molecule has 0 unspecified atom stereocenters. The van der Waals surface area contributed by atoms with Crippen molar-refractivity contribution in [1.82, 2.24) is 19.2 Å². The fourth-order valence-electron chi connectivity index (χ4n) is 3.55. The van der Waals surface area contributed by atoms with Gasteiger partial charge in [0.15, 0.2) is 0 Å². The maximum Gasteiger partial charge on any atom is 0.276 e. The highest BCUT2D eigenvalue weighted by molar-refractivity contribution is 5.86. The number of likely N-dealkylation sites (N-methyl/N-ethyl adjacent to an activating group) is 1. The van der Waals surface area contributed by atoms with Crippen LogP contribution in [0.3, 0.4) is 0 Å². The van der Waals surface area contributed by atoms with Crippen molar-refractivity contribution in [2.24, 2.45) is 0 Å². The average Bonchev–Trinajstić information content (AvgIpc) is 3.02. The Balaban J connectivity index is 0.00000155. The first-order chi connectivity index (χ1) is 14.4. The highest BCUT2D eigenvalue weighted by atomic mass is 16.5. The lowest BCUT2D eigenvalue weighted by Gasteiger charge is -2.15. The highest BCUT2D eigenvalue weighted by Crippen LogP contribution is 2.24. The van der Waals surface area contributed by atoms with Crippen LogP contribution in [0, 0.1) is 20.8 Å². The van der Waals surface area contributed by atoms with Gasteiger partial charge in [0.25, 0.3) is 5.56 Å². The van der Waals surface area contributed by atoms with Crippen LogP contribution in [-0.2, 0) is 17.9 Å². The second-order valence-corrected chi connectivity index (χ2v) is 7.07. The summed E-state index contributed by atoms with van der Waals surface area (Å²) in [5.74, 6) is 0.751. The summed E-state index contributed by atoms with van der Waals surface area (Å²) in [6.07, 6.45) is 0.806. The normalized spacial score (nSPS) is 10.5. The van der Waals surface area contributed by atoms with Crippen LogP contribution >= 0.6 is 0 Å². The largest absolute Gasteiger partial charge is 0.497 e. The first kappa shape index (κ1) is 23.2. The van der Waals surface area contributed by atoms with Crippen LogP contribution in [0.2, 0.25) is 0 Å². The van der Waals surface area contributed by atoms with Crippen molar-refractivity contribution in [3.05, 3.63) is 57.1 Å². The third kappa shape index (κ3) is 4.56. The lowest BCUT2D eigenvalue weighted by Crippen LogP contribution is -2.26. The number of amides is 1. The molecule has 0 saturated carbocycles. The number of nitrogens with zero attached hydrogens (tertiary/aromatic N) is 4. The number of carbonyl (C=O) groups excluding carboxylic acids is 1. The molecule has 0 aliphatic carbocycles. The van der Waals surface area contributed by atoms with Gasteiger partial charge in [-0.25, -0.2) is 4.68 Å². The van der Waals surface area contributed by atoms with E-state index in [2.05, 4.69) is 9.67 Å². The summed E-state index contributed by atoms with van der Waals surface area (Å²) in [6, 6.07) is 7.64. The lowest BCUT2D eigenvalue weighted by molar-refractivity contribution is -0.117. The van der Waals surface area contributed by atoms with Crippen LogP contribution in [-0.4, -0.2) is 46.4 Å². The van der Waals surface area contributed by atoms with Gasteiger partial charge in [-0.05, 0) is 44.0 Å². The average molecular weight is 413 g/mol. The van der Waals surface area contributed by atoms with Gasteiger partial charge in [-0.3, -0.25) is 9.59 Å². The van der Waals surface area contributed by atoms with Gasteiger partial charge in [0, 0.05) is 25.8 Å². The second kappa shape index (κ2) is 10.1. The van der Waals surface area contributed by atoms with Gasteiger partial charge in [-0.15, -0.1) is 0 Å². The van der Waals surface area contributed by atoms with Crippen LogP contribution in [0.25, 0.3) is 10.9 Å². The first-order valence-electron chi connectivity index (χ1n) is 10.2. The third-order valence-corrected chi connectivity index (χ3v) is 5.21. The molecule has 3 rings (SSSR count). The third-order valence-electron chi connectivity index (χ3n) is 5.21. The van der Waals surface area contributed by atoms with E-state index in [9.17, 15) is 9.59 Å². The lowest BCUT2D eigenvalue weighted by atomic mass is 10.2. The van der Waals surface area contributed by atoms with E-state index in [1.165, 1.54) is 4.68 Å². The standard InChI is InChI=1S/C21H26N4O3.C2H6/c1-14-16(3)24(10-9-23(4)13-26)20-15(2)22-25(21(27)19(14)20)12-17-7-6-8-18(11-17)28-5;1-2/h6-8,11,13H,9-10,12H2,1-5H3;1-2H3. The molecule has 162 valence electrons. The zero-order valence-electron chi connectivity index (χ0n) is 19.0. The van der Waals surface area contributed by atoms with Gasteiger partial charge >= 0.3 is 0 Å². The molecule has 2 aromatic heterocycles. The van der Waals surface area contributed by atoms with E-state index in [-0.39, 0.29) is 5.56 Å². The van der Waals surface area contributed by atoms with Gasteiger partial charge < -0.3 is 14.2 Å². The molecule has 3 aromatic rings. The molecule has 7 nitrogen and oxygen atoms in total. The number of hydrogen-bond donors (Lipinski definition) is 0. The molecule has 1 aromatic carbocycles. The number of aryl methyl sites for hydroxylation is 2. The molecule has 0 radical (unpaired) electrons. The zero-order valence-corrected chi connectivity index (χ0v) is 19.0. The summed E-state index contributed by atoms with van der Waals surface area (Å²) in [6.45, 7) is 11.5. The quantitative estimate of drug-likeness (QED) is 0.559. The Morgan fingerprint density at radius 3 is 2.53 bits per heavy atom. The number of ether oxygens (including phenoxy) is 1. The van der Waals surface area contributed by atoms with Crippen LogP contribution in [0.5, 0.6) is 5.75 Å². The van der Waals surface area contributed by atoms with Crippen molar-refractivity contribution in [2.75, 3.05) is 20.7 Å². The minimum Gasteiger partial charge on any atom is -0.497 e. The van der Waals surface area contributed by atoms with Crippen molar-refractivity contribution in [2.45, 2.75) is 47.7 Å². The van der Waals surface area contributed by atoms with Crippen molar-refractivity contribution >= 4 is 17.3 Å². The summed E-state index contributed by atoms with van der Waals surface area (Å²) < 4.78 is 8.87. The molecule has 0 aliphatic rings. The fraction of sp³-hybridized carbons (Fsp3) is 0.435. The van der Waals surface area contributed by atoms with Crippen molar-refractivity contribution in [3.63, 3.8) is 0 Å². The Kier molecular flexibility index (Phi) is 7.80. The van der Waals surface area contributed by atoms with Crippen LogP contribution in [0.4, 0.5) is 0 Å². The Morgan fingerprint density at radius 1 is 1.20 bits per heavy atom. The summed E-state index contributed by atoms with van der Waals surface area (Å²) in [7, 11) is 3.36. The van der Waals surface area contributed by atoms with Gasteiger partial charge in [0.1, 0.15) is 5.75 Å². The second-order valence-electron chi connectivity index (χ2n) is 7.07. The molecule has 0 spiro atoms. The van der Waals surface area contributed by atoms with Crippen molar-refractivity contribution < 1.29 is 9.53 Å². The molecule has 1 amide bonds. The van der Waals surface area contributed by atoms with E-state index in [1.807, 2.05) is 58.9 Å². The van der Waals surface area contributed by atoms with E-state index in [1.54, 1.807) is 19.1 Å². The predicted octanol–water partition coefficient (Wildman–Crippen LogP) is 3.29. The Hall–Kier alpha value is -3.09. The molecule has 0 N–H and O–H groups in total. The van der Waals surface area contributed by atoms with Crippen LogP contribution < -0.4 is 10.3 Å². The number of methoxy groups -OCH3 is 1. The summed E-state index contributed by atoms with van der Waals surface area (Å²) in [5.41, 5.74) is 4.47. The molecule has 0 atom stereocenters. The highest BCUT2D eigenvalue weighted by Gasteiger charge is 2.19. The molecular formula is C23H32N4O3. The number of rotatable bonds is 7. The summed E-state index contributed by atoms with van der Waals surface area (Å²) in [5, 5.41) is 5.27. The van der Waals surface area contributed by atoms with Gasteiger partial charge in [0.2, 0.25) is 6.41 Å². The zero-order chi connectivity index (χ0) is 22.4. The van der Waals surface area contributed by atoms with E-state index in [4.69, 9.17) is 4.74 Å². The molecule has 0 fully saturated rings. The van der Waals surface area contributed by atoms with Crippen molar-refractivity contribution in [1.29, 1.82) is 0 Å². The van der Waals surface area contributed by atoms with Crippen molar-refractivity contribution in [3.8, 4) is 5.75 Å².